The van der Waals surface area contributed by atoms with E-state index >= 15 is 0 Å². The number of nitrogens with zero attached hydrogens (tertiary/aromatic N) is 3. The molecule has 3 rings (SSSR count). The van der Waals surface area contributed by atoms with Crippen LogP contribution in [0.1, 0.15) is 15.5 Å². The summed E-state index contributed by atoms with van der Waals surface area (Å²) in [4.78, 5) is 25.2. The fourth-order valence-corrected chi connectivity index (χ4v) is 2.72. The van der Waals surface area contributed by atoms with Crippen molar-refractivity contribution in [2.24, 2.45) is 0 Å². The van der Waals surface area contributed by atoms with Gasteiger partial charge in [-0.3, -0.25) is 10.1 Å². The lowest BCUT2D eigenvalue weighted by molar-refractivity contribution is -0.384. The number of carbonyl (C=O) groups is 1. The quantitative estimate of drug-likeness (QED) is 0.590. The third kappa shape index (κ3) is 2.48. The lowest BCUT2D eigenvalue weighted by Crippen LogP contribution is -2.00. The first-order valence-electron chi connectivity index (χ1n) is 5.95. The first-order chi connectivity index (χ1) is 10.0. The molecule has 0 saturated carbocycles. The first-order valence-corrected chi connectivity index (χ1v) is 6.83. The molecule has 0 unspecified atom stereocenters. The number of hydrogen-bond acceptors (Lipinski definition) is 5. The second-order valence-corrected chi connectivity index (χ2v) is 5.25. The lowest BCUT2D eigenvalue weighted by atomic mass is 10.2. The van der Waals surface area contributed by atoms with Gasteiger partial charge < -0.3 is 9.67 Å². The van der Waals surface area contributed by atoms with E-state index in [9.17, 15) is 14.9 Å². The molecule has 2 aromatic heterocycles. The van der Waals surface area contributed by atoms with Crippen LogP contribution in [0.15, 0.2) is 35.8 Å². The van der Waals surface area contributed by atoms with Gasteiger partial charge in [0.15, 0.2) is 0 Å². The molecule has 0 spiro atoms. The number of rotatable bonds is 4. The third-order valence-corrected chi connectivity index (χ3v) is 3.91. The number of carboxylic acid groups (broad SMARTS) is 1. The number of benzene rings is 1. The molecule has 0 atom stereocenters. The Morgan fingerprint density at radius 2 is 2.24 bits per heavy atom. The molecule has 1 aromatic carbocycles. The van der Waals surface area contributed by atoms with Gasteiger partial charge in [0, 0.05) is 29.1 Å². The SMILES string of the molecule is O=C(O)c1nc(Cn2ccc3ccc([N+](=O)[O-])cc32)cs1. The molecule has 1 N–H and O–H groups in total. The molecule has 0 fully saturated rings. The Morgan fingerprint density at radius 3 is 2.90 bits per heavy atom. The molecule has 0 saturated heterocycles. The summed E-state index contributed by atoms with van der Waals surface area (Å²) in [6.07, 6.45) is 1.80. The highest BCUT2D eigenvalue weighted by atomic mass is 32.1. The smallest absolute Gasteiger partial charge is 0.365 e. The van der Waals surface area contributed by atoms with Gasteiger partial charge in [-0.25, -0.2) is 9.78 Å². The van der Waals surface area contributed by atoms with Gasteiger partial charge in [-0.2, -0.15) is 0 Å². The number of aromatic carboxylic acids is 1. The van der Waals surface area contributed by atoms with Crippen molar-refractivity contribution in [3.63, 3.8) is 0 Å². The predicted molar refractivity (Wildman–Crippen MR) is 76.8 cm³/mol. The van der Waals surface area contributed by atoms with Crippen LogP contribution in [0.5, 0.6) is 0 Å². The van der Waals surface area contributed by atoms with Gasteiger partial charge in [0.05, 0.1) is 22.7 Å². The molecule has 0 aliphatic heterocycles. The molecule has 7 nitrogen and oxygen atoms in total. The Hall–Kier alpha value is -2.74. The number of thiazole rings is 1. The minimum atomic E-state index is -1.06. The van der Waals surface area contributed by atoms with Crippen LogP contribution in [0.25, 0.3) is 10.9 Å². The summed E-state index contributed by atoms with van der Waals surface area (Å²) >= 11 is 1.06. The van der Waals surface area contributed by atoms with Crippen LogP contribution in [0.2, 0.25) is 0 Å². The highest BCUT2D eigenvalue weighted by Crippen LogP contribution is 2.23. The molecule has 2 heterocycles. The standard InChI is InChI=1S/C13H9N3O4S/c17-13(18)12-14-9(7-21-12)6-15-4-3-8-1-2-10(16(19)20)5-11(8)15/h1-5,7H,6H2,(H,17,18). The maximum Gasteiger partial charge on any atom is 0.365 e. The fourth-order valence-electron chi connectivity index (χ4n) is 2.08. The number of non-ortho nitro benzene ring substituents is 1. The van der Waals surface area contributed by atoms with Crippen molar-refractivity contribution in [3.8, 4) is 0 Å². The van der Waals surface area contributed by atoms with Gasteiger partial charge in [0.2, 0.25) is 5.01 Å². The second-order valence-electron chi connectivity index (χ2n) is 4.39. The van der Waals surface area contributed by atoms with E-state index in [1.54, 1.807) is 17.6 Å². The average molecular weight is 303 g/mol. The first kappa shape index (κ1) is 13.3. The number of aromatic nitrogens is 2. The number of nitro groups is 1. The Kier molecular flexibility index (Phi) is 3.15. The molecule has 8 heteroatoms. The predicted octanol–water partition coefficient (Wildman–Crippen LogP) is 2.75. The minimum absolute atomic E-state index is 0.0203. The molecule has 0 bridgehead atoms. The number of hydrogen-bond donors (Lipinski definition) is 1. The van der Waals surface area contributed by atoms with Gasteiger partial charge in [0.25, 0.3) is 5.69 Å². The summed E-state index contributed by atoms with van der Waals surface area (Å²) < 4.78 is 1.81. The lowest BCUT2D eigenvalue weighted by Gasteiger charge is -2.02. The average Bonchev–Trinajstić information content (AvgIpc) is 3.06. The van der Waals surface area contributed by atoms with Crippen molar-refractivity contribution >= 4 is 33.9 Å². The second kappa shape index (κ2) is 4.98. The topological polar surface area (TPSA) is 98.3 Å². The van der Waals surface area contributed by atoms with Crippen molar-refractivity contribution in [1.82, 2.24) is 9.55 Å². The summed E-state index contributed by atoms with van der Waals surface area (Å²) in [5, 5.41) is 22.3. The van der Waals surface area contributed by atoms with Crippen molar-refractivity contribution in [2.45, 2.75) is 6.54 Å². The van der Waals surface area contributed by atoms with E-state index in [-0.39, 0.29) is 10.7 Å². The molecule has 0 aliphatic rings. The van der Waals surface area contributed by atoms with Crippen LogP contribution in [0.4, 0.5) is 5.69 Å². The van der Waals surface area contributed by atoms with E-state index in [0.717, 1.165) is 16.7 Å². The number of fused-ring (bicyclic) bond motifs is 1. The summed E-state index contributed by atoms with van der Waals surface area (Å²) in [6, 6.07) is 6.50. The van der Waals surface area contributed by atoms with Crippen molar-refractivity contribution in [2.75, 3.05) is 0 Å². The molecular weight excluding hydrogens is 294 g/mol. The maximum atomic E-state index is 10.8. The molecule has 0 amide bonds. The summed E-state index contributed by atoms with van der Waals surface area (Å²) in [5.74, 6) is -1.06. The maximum absolute atomic E-state index is 10.8. The third-order valence-electron chi connectivity index (χ3n) is 3.04. The summed E-state index contributed by atoms with van der Waals surface area (Å²) in [6.45, 7) is 0.369. The molecule has 106 valence electrons. The molecule has 0 radical (unpaired) electrons. The molecule has 0 aliphatic carbocycles. The van der Waals surface area contributed by atoms with E-state index in [0.29, 0.717) is 17.8 Å². The van der Waals surface area contributed by atoms with Gasteiger partial charge in [0.1, 0.15) is 0 Å². The minimum Gasteiger partial charge on any atom is -0.476 e. The normalized spacial score (nSPS) is 10.9. The van der Waals surface area contributed by atoms with Gasteiger partial charge >= 0.3 is 5.97 Å². The highest BCUT2D eigenvalue weighted by molar-refractivity contribution is 7.11. The Labute approximate surface area is 122 Å². The van der Waals surface area contributed by atoms with E-state index in [2.05, 4.69) is 4.98 Å². The monoisotopic (exact) mass is 303 g/mol. The van der Waals surface area contributed by atoms with Crippen LogP contribution < -0.4 is 0 Å². The van der Waals surface area contributed by atoms with Crippen molar-refractivity contribution in [1.29, 1.82) is 0 Å². The van der Waals surface area contributed by atoms with Crippen LogP contribution in [0.3, 0.4) is 0 Å². The van der Waals surface area contributed by atoms with Crippen LogP contribution in [0, 0.1) is 10.1 Å². The van der Waals surface area contributed by atoms with Gasteiger partial charge in [-0.05, 0) is 12.1 Å². The van der Waals surface area contributed by atoms with E-state index < -0.39 is 10.9 Å². The zero-order chi connectivity index (χ0) is 15.0. The van der Waals surface area contributed by atoms with E-state index in [1.165, 1.54) is 12.1 Å². The van der Waals surface area contributed by atoms with Crippen molar-refractivity contribution in [3.05, 3.63) is 56.7 Å². The van der Waals surface area contributed by atoms with Crippen molar-refractivity contribution < 1.29 is 14.8 Å². The van der Waals surface area contributed by atoms with Crippen LogP contribution >= 0.6 is 11.3 Å². The molecule has 21 heavy (non-hydrogen) atoms. The van der Waals surface area contributed by atoms with Crippen LogP contribution in [-0.2, 0) is 6.54 Å². The molecular formula is C13H9N3O4S. The fraction of sp³-hybridized carbons (Fsp3) is 0.0769. The van der Waals surface area contributed by atoms with Gasteiger partial charge in [-0.1, -0.05) is 0 Å². The molecule has 3 aromatic rings. The Balaban J connectivity index is 1.97. The van der Waals surface area contributed by atoms with Crippen LogP contribution in [-0.4, -0.2) is 25.6 Å². The zero-order valence-electron chi connectivity index (χ0n) is 10.6. The highest BCUT2D eigenvalue weighted by Gasteiger charge is 2.12. The van der Waals surface area contributed by atoms with E-state index in [1.807, 2.05) is 10.6 Å². The Morgan fingerprint density at radius 1 is 1.43 bits per heavy atom. The number of carboxylic acids is 1. The summed E-state index contributed by atoms with van der Waals surface area (Å²) in [5.41, 5.74) is 1.35. The summed E-state index contributed by atoms with van der Waals surface area (Å²) in [7, 11) is 0. The Bertz CT molecular complexity index is 852. The van der Waals surface area contributed by atoms with Gasteiger partial charge in [-0.15, -0.1) is 11.3 Å². The van der Waals surface area contributed by atoms with E-state index in [4.69, 9.17) is 5.11 Å². The largest absolute Gasteiger partial charge is 0.476 e. The zero-order valence-corrected chi connectivity index (χ0v) is 11.4. The number of nitro benzene ring substituents is 1.